The van der Waals surface area contributed by atoms with E-state index in [1.807, 2.05) is 79.7 Å². The van der Waals surface area contributed by atoms with Gasteiger partial charge in [0.15, 0.2) is 6.61 Å². The van der Waals surface area contributed by atoms with Gasteiger partial charge in [0.25, 0.3) is 0 Å². The van der Waals surface area contributed by atoms with Crippen LogP contribution in [-0.4, -0.2) is 48.6 Å². The molecule has 0 saturated heterocycles. The second-order valence-corrected chi connectivity index (χ2v) is 8.19. The van der Waals surface area contributed by atoms with Crippen LogP contribution in [-0.2, 0) is 11.4 Å². The number of nitrogens with one attached hydrogen (secondary N) is 1. The Hall–Kier alpha value is -3.81. The predicted octanol–water partition coefficient (Wildman–Crippen LogP) is 4.55. The van der Waals surface area contributed by atoms with Gasteiger partial charge in [-0.2, -0.15) is 0 Å². The summed E-state index contributed by atoms with van der Waals surface area (Å²) in [6.45, 7) is 3.42. The highest BCUT2D eigenvalue weighted by Crippen LogP contribution is 2.21. The number of aliphatic hydroxyl groups excluding tert-OH is 1. The number of ether oxygens (including phenoxy) is 3. The van der Waals surface area contributed by atoms with E-state index in [4.69, 9.17) is 19.3 Å². The first-order chi connectivity index (χ1) is 17.5. The molecule has 3 rings (SSSR count). The van der Waals surface area contributed by atoms with Gasteiger partial charge in [0.1, 0.15) is 36.6 Å². The van der Waals surface area contributed by atoms with Crippen molar-refractivity contribution in [2.45, 2.75) is 26.1 Å². The zero-order valence-electron chi connectivity index (χ0n) is 20.4. The van der Waals surface area contributed by atoms with Crippen molar-refractivity contribution < 1.29 is 29.2 Å². The summed E-state index contributed by atoms with van der Waals surface area (Å²) in [5.41, 5.74) is 3.30. The van der Waals surface area contributed by atoms with Gasteiger partial charge in [0.2, 0.25) is 0 Å². The third kappa shape index (κ3) is 9.44. The highest BCUT2D eigenvalue weighted by Gasteiger charge is 2.07. The summed E-state index contributed by atoms with van der Waals surface area (Å²) >= 11 is 0. The summed E-state index contributed by atoms with van der Waals surface area (Å²) in [5.74, 6) is 0.949. The first-order valence-electron chi connectivity index (χ1n) is 11.9. The van der Waals surface area contributed by atoms with Crippen LogP contribution in [0.15, 0.2) is 84.9 Å². The minimum atomic E-state index is -1.01. The Morgan fingerprint density at radius 2 is 1.50 bits per heavy atom. The summed E-state index contributed by atoms with van der Waals surface area (Å²) in [7, 11) is 0. The van der Waals surface area contributed by atoms with E-state index in [1.54, 1.807) is 12.1 Å². The number of hydrogen-bond acceptors (Lipinski definition) is 6. The molecule has 190 valence electrons. The molecule has 3 aromatic carbocycles. The van der Waals surface area contributed by atoms with Crippen LogP contribution in [0.4, 0.5) is 0 Å². The number of carbonyl (C=O) groups is 1. The van der Waals surface area contributed by atoms with Crippen LogP contribution in [0.2, 0.25) is 0 Å². The van der Waals surface area contributed by atoms with Crippen LogP contribution in [0.25, 0.3) is 5.57 Å². The lowest BCUT2D eigenvalue weighted by molar-refractivity contribution is -0.139. The lowest BCUT2D eigenvalue weighted by Gasteiger charge is -2.14. The molecule has 0 spiro atoms. The van der Waals surface area contributed by atoms with Crippen molar-refractivity contribution in [1.29, 1.82) is 0 Å². The van der Waals surface area contributed by atoms with E-state index in [9.17, 15) is 9.90 Å². The van der Waals surface area contributed by atoms with Gasteiger partial charge in [0.05, 0.1) is 0 Å². The summed E-state index contributed by atoms with van der Waals surface area (Å²) in [5, 5.41) is 22.2. The zero-order chi connectivity index (χ0) is 25.6. The molecule has 0 heterocycles. The molecule has 36 heavy (non-hydrogen) atoms. The fraction of sp³-hybridized carbons (Fsp3) is 0.276. The number of allylic oxidation sites excluding steroid dienone is 1. The molecule has 3 aromatic rings. The third-order valence-electron chi connectivity index (χ3n) is 5.40. The van der Waals surface area contributed by atoms with Gasteiger partial charge < -0.3 is 29.7 Å². The van der Waals surface area contributed by atoms with Gasteiger partial charge in [-0.15, -0.1) is 0 Å². The van der Waals surface area contributed by atoms with Crippen LogP contribution in [0.1, 0.15) is 24.5 Å². The summed E-state index contributed by atoms with van der Waals surface area (Å²) in [6.07, 6.45) is 2.18. The SMILES string of the molecule is C/C=C(\CCNCC(O)COc1ccc(OCc2ccccc2)cc1)c1ccc(OCC(=O)O)cc1. The molecule has 0 fully saturated rings. The second-order valence-electron chi connectivity index (χ2n) is 8.19. The molecule has 0 saturated carbocycles. The number of rotatable bonds is 15. The van der Waals surface area contributed by atoms with Crippen LogP contribution in [0.5, 0.6) is 17.2 Å². The summed E-state index contributed by atoms with van der Waals surface area (Å²) in [4.78, 5) is 10.6. The van der Waals surface area contributed by atoms with Crippen molar-refractivity contribution in [2.24, 2.45) is 0 Å². The minimum absolute atomic E-state index is 0.186. The van der Waals surface area contributed by atoms with Crippen molar-refractivity contribution in [2.75, 3.05) is 26.3 Å². The number of hydrogen-bond donors (Lipinski definition) is 3. The van der Waals surface area contributed by atoms with Crippen molar-refractivity contribution in [3.63, 3.8) is 0 Å². The topological polar surface area (TPSA) is 97.3 Å². The molecule has 0 amide bonds. The monoisotopic (exact) mass is 491 g/mol. The number of benzene rings is 3. The average Bonchev–Trinajstić information content (AvgIpc) is 2.91. The Morgan fingerprint density at radius 3 is 2.14 bits per heavy atom. The van der Waals surface area contributed by atoms with Gasteiger partial charge in [-0.3, -0.25) is 0 Å². The van der Waals surface area contributed by atoms with Crippen LogP contribution in [0.3, 0.4) is 0 Å². The maximum atomic E-state index is 10.6. The smallest absolute Gasteiger partial charge is 0.341 e. The Morgan fingerprint density at radius 1 is 0.889 bits per heavy atom. The molecule has 1 atom stereocenters. The van der Waals surface area contributed by atoms with E-state index in [2.05, 4.69) is 5.32 Å². The van der Waals surface area contributed by atoms with Crippen molar-refractivity contribution in [3.8, 4) is 17.2 Å². The Bertz CT molecular complexity index is 1080. The molecule has 0 radical (unpaired) electrons. The predicted molar refractivity (Wildman–Crippen MR) is 139 cm³/mol. The molecule has 0 aliphatic rings. The van der Waals surface area contributed by atoms with Gasteiger partial charge in [-0.05, 0) is 73.0 Å². The van der Waals surface area contributed by atoms with Gasteiger partial charge in [-0.25, -0.2) is 4.79 Å². The second kappa shape index (κ2) is 14.6. The van der Waals surface area contributed by atoms with Crippen LogP contribution >= 0.6 is 0 Å². The Kier molecular flexibility index (Phi) is 10.8. The van der Waals surface area contributed by atoms with E-state index >= 15 is 0 Å². The Labute approximate surface area is 212 Å². The molecule has 7 nitrogen and oxygen atoms in total. The fourth-order valence-electron chi connectivity index (χ4n) is 3.48. The third-order valence-corrected chi connectivity index (χ3v) is 5.40. The number of carboxylic acid groups (broad SMARTS) is 1. The summed E-state index contributed by atoms with van der Waals surface area (Å²) in [6, 6.07) is 24.7. The first kappa shape index (κ1) is 26.8. The van der Waals surface area contributed by atoms with E-state index in [-0.39, 0.29) is 13.2 Å². The first-order valence-corrected chi connectivity index (χ1v) is 11.9. The molecular formula is C29H33NO6. The lowest BCUT2D eigenvalue weighted by Crippen LogP contribution is -2.32. The molecule has 1 unspecified atom stereocenters. The lowest BCUT2D eigenvalue weighted by atomic mass is 10.0. The standard InChI is InChI=1S/C29H33NO6/c1-2-23(24-8-10-26(11-9-24)36-21-29(32)33)16-17-30-18-25(31)20-35-28-14-12-27(13-15-28)34-19-22-6-4-3-5-7-22/h2-15,25,30-31H,16-21H2,1H3,(H,32,33)/b23-2+. The molecule has 0 aliphatic heterocycles. The van der Waals surface area contributed by atoms with Crippen LogP contribution in [0, 0.1) is 0 Å². The Balaban J connectivity index is 1.32. The van der Waals surface area contributed by atoms with Crippen molar-refractivity contribution in [1.82, 2.24) is 5.32 Å². The minimum Gasteiger partial charge on any atom is -0.491 e. The molecule has 7 heteroatoms. The van der Waals surface area contributed by atoms with E-state index < -0.39 is 12.1 Å². The fourth-order valence-corrected chi connectivity index (χ4v) is 3.48. The van der Waals surface area contributed by atoms with E-state index in [0.717, 1.165) is 28.9 Å². The average molecular weight is 492 g/mol. The largest absolute Gasteiger partial charge is 0.491 e. The van der Waals surface area contributed by atoms with Crippen molar-refractivity contribution in [3.05, 3.63) is 96.1 Å². The highest BCUT2D eigenvalue weighted by atomic mass is 16.5. The normalized spacial score (nSPS) is 12.1. The zero-order valence-corrected chi connectivity index (χ0v) is 20.4. The summed E-state index contributed by atoms with van der Waals surface area (Å²) < 4.78 is 16.6. The highest BCUT2D eigenvalue weighted by molar-refractivity contribution is 5.69. The maximum absolute atomic E-state index is 10.6. The van der Waals surface area contributed by atoms with E-state index in [1.165, 1.54) is 0 Å². The van der Waals surface area contributed by atoms with Gasteiger partial charge >= 0.3 is 5.97 Å². The van der Waals surface area contributed by atoms with Gasteiger partial charge in [0, 0.05) is 6.54 Å². The molecule has 0 aliphatic carbocycles. The maximum Gasteiger partial charge on any atom is 0.341 e. The molecule has 3 N–H and O–H groups in total. The number of carboxylic acids is 1. The molecule has 0 bridgehead atoms. The van der Waals surface area contributed by atoms with E-state index in [0.29, 0.717) is 31.2 Å². The molecule has 0 aromatic heterocycles. The number of aliphatic carboxylic acids is 1. The molecular weight excluding hydrogens is 458 g/mol. The number of aliphatic hydroxyl groups is 1. The van der Waals surface area contributed by atoms with Crippen molar-refractivity contribution >= 4 is 11.5 Å². The van der Waals surface area contributed by atoms with Crippen LogP contribution < -0.4 is 19.5 Å². The van der Waals surface area contributed by atoms with Gasteiger partial charge in [-0.1, -0.05) is 48.5 Å². The quantitative estimate of drug-likeness (QED) is 0.268.